The summed E-state index contributed by atoms with van der Waals surface area (Å²) in [6, 6.07) is 16.1. The van der Waals surface area contributed by atoms with Crippen LogP contribution in [0.1, 0.15) is 5.76 Å². The molecule has 33 heavy (non-hydrogen) atoms. The van der Waals surface area contributed by atoms with E-state index < -0.39 is 0 Å². The van der Waals surface area contributed by atoms with E-state index in [0.29, 0.717) is 19.8 Å². The number of anilines is 1. The Labute approximate surface area is 194 Å². The molecule has 0 aliphatic carbocycles. The normalized spacial score (nSPS) is 16.1. The summed E-state index contributed by atoms with van der Waals surface area (Å²) in [5.41, 5.74) is 3.02. The lowest BCUT2D eigenvalue weighted by atomic mass is 10.1. The summed E-state index contributed by atoms with van der Waals surface area (Å²) < 4.78 is 22.0. The van der Waals surface area contributed by atoms with Crippen molar-refractivity contribution in [2.24, 2.45) is 0 Å². The van der Waals surface area contributed by atoms with Crippen LogP contribution in [0.3, 0.4) is 0 Å². The smallest absolute Gasteiger partial charge is 0.162 e. The van der Waals surface area contributed by atoms with Crippen LogP contribution in [-0.2, 0) is 6.54 Å². The molecule has 0 radical (unpaired) electrons. The highest BCUT2D eigenvalue weighted by atomic mass is 16.6. The van der Waals surface area contributed by atoms with Crippen molar-refractivity contribution in [1.82, 2.24) is 15.4 Å². The summed E-state index contributed by atoms with van der Waals surface area (Å²) in [7, 11) is 1.70. The highest BCUT2D eigenvalue weighted by Crippen LogP contribution is 2.34. The number of methoxy groups -OCH3 is 1. The van der Waals surface area contributed by atoms with E-state index in [-0.39, 0.29) is 0 Å². The van der Waals surface area contributed by atoms with Crippen molar-refractivity contribution in [3.63, 3.8) is 0 Å². The first-order valence-electron chi connectivity index (χ1n) is 11.5. The first kappa shape index (κ1) is 21.6. The molecule has 0 bridgehead atoms. The molecule has 3 heterocycles. The van der Waals surface area contributed by atoms with E-state index in [9.17, 15) is 0 Å². The van der Waals surface area contributed by atoms with Crippen molar-refractivity contribution < 1.29 is 18.7 Å². The van der Waals surface area contributed by atoms with Gasteiger partial charge in [-0.2, -0.15) is 0 Å². The highest BCUT2D eigenvalue weighted by Gasteiger charge is 2.17. The number of hydrogen-bond acceptors (Lipinski definition) is 8. The fraction of sp³-hybridized carbons (Fsp3) is 0.400. The summed E-state index contributed by atoms with van der Waals surface area (Å²) in [6.07, 6.45) is 0. The van der Waals surface area contributed by atoms with E-state index in [4.69, 9.17) is 18.7 Å². The number of benzene rings is 2. The van der Waals surface area contributed by atoms with Crippen molar-refractivity contribution in [2.45, 2.75) is 6.54 Å². The fourth-order valence-electron chi connectivity index (χ4n) is 4.21. The topological polar surface area (TPSA) is 72.2 Å². The SMILES string of the molecule is COc1ccc(N2CCN(CCNCc3cc(-c4ccc5c(c4)OCCO5)no3)CC2)cc1. The average molecular weight is 451 g/mol. The molecule has 1 aromatic heterocycles. The molecular weight excluding hydrogens is 420 g/mol. The highest BCUT2D eigenvalue weighted by molar-refractivity contribution is 5.64. The maximum absolute atomic E-state index is 5.66. The molecule has 1 saturated heterocycles. The van der Waals surface area contributed by atoms with Crippen molar-refractivity contribution in [1.29, 1.82) is 0 Å². The van der Waals surface area contributed by atoms with Gasteiger partial charge in [-0.05, 0) is 42.5 Å². The maximum atomic E-state index is 5.66. The molecule has 2 aliphatic rings. The van der Waals surface area contributed by atoms with Gasteiger partial charge in [-0.15, -0.1) is 0 Å². The van der Waals surface area contributed by atoms with E-state index in [0.717, 1.165) is 73.5 Å². The zero-order chi connectivity index (χ0) is 22.5. The third-order valence-corrected chi connectivity index (χ3v) is 6.11. The Morgan fingerprint density at radius 3 is 2.52 bits per heavy atom. The molecule has 0 amide bonds. The molecule has 0 unspecified atom stereocenters. The average Bonchev–Trinajstić information content (AvgIpc) is 3.36. The zero-order valence-corrected chi connectivity index (χ0v) is 19.0. The molecular formula is C25H30N4O4. The summed E-state index contributed by atoms with van der Waals surface area (Å²) in [5, 5.41) is 7.69. The number of nitrogens with one attached hydrogen (secondary N) is 1. The first-order valence-corrected chi connectivity index (χ1v) is 11.5. The van der Waals surface area contributed by atoms with Crippen molar-refractivity contribution in [3.05, 3.63) is 54.3 Å². The van der Waals surface area contributed by atoms with Crippen LogP contribution in [0.5, 0.6) is 17.2 Å². The van der Waals surface area contributed by atoms with Crippen LogP contribution in [0.25, 0.3) is 11.3 Å². The Kier molecular flexibility index (Phi) is 6.64. The number of aromatic nitrogens is 1. The second kappa shape index (κ2) is 10.1. The minimum absolute atomic E-state index is 0.570. The lowest BCUT2D eigenvalue weighted by Gasteiger charge is -2.36. The van der Waals surface area contributed by atoms with Gasteiger partial charge in [0.2, 0.25) is 0 Å². The predicted octanol–water partition coefficient (Wildman–Crippen LogP) is 3.03. The molecule has 0 spiro atoms. The molecule has 5 rings (SSSR count). The summed E-state index contributed by atoms with van der Waals surface area (Å²) >= 11 is 0. The lowest BCUT2D eigenvalue weighted by Crippen LogP contribution is -2.48. The molecule has 0 saturated carbocycles. The molecule has 3 aromatic rings. The molecule has 2 aromatic carbocycles. The predicted molar refractivity (Wildman–Crippen MR) is 126 cm³/mol. The molecule has 174 valence electrons. The minimum Gasteiger partial charge on any atom is -0.497 e. The Bertz CT molecular complexity index is 1040. The van der Waals surface area contributed by atoms with Gasteiger partial charge in [0.15, 0.2) is 17.3 Å². The molecule has 1 N–H and O–H groups in total. The zero-order valence-electron chi connectivity index (χ0n) is 19.0. The Morgan fingerprint density at radius 2 is 1.73 bits per heavy atom. The Balaban J connectivity index is 1.04. The lowest BCUT2D eigenvalue weighted by molar-refractivity contribution is 0.171. The number of ether oxygens (including phenoxy) is 3. The van der Waals surface area contributed by atoms with Gasteiger partial charge >= 0.3 is 0 Å². The van der Waals surface area contributed by atoms with Gasteiger partial charge in [0.25, 0.3) is 0 Å². The van der Waals surface area contributed by atoms with Gasteiger partial charge < -0.3 is 29.0 Å². The van der Waals surface area contributed by atoms with Gasteiger partial charge in [0, 0.05) is 56.6 Å². The van der Waals surface area contributed by atoms with E-state index >= 15 is 0 Å². The van der Waals surface area contributed by atoms with Crippen LogP contribution in [0.2, 0.25) is 0 Å². The van der Waals surface area contributed by atoms with Gasteiger partial charge in [-0.25, -0.2) is 0 Å². The second-order valence-electron chi connectivity index (χ2n) is 8.24. The van der Waals surface area contributed by atoms with Gasteiger partial charge in [0.1, 0.15) is 24.7 Å². The molecule has 8 heteroatoms. The third kappa shape index (κ3) is 5.23. The van der Waals surface area contributed by atoms with Crippen LogP contribution >= 0.6 is 0 Å². The summed E-state index contributed by atoms with van der Waals surface area (Å²) in [5.74, 6) is 3.26. The van der Waals surface area contributed by atoms with Crippen LogP contribution < -0.4 is 24.4 Å². The first-order chi connectivity index (χ1) is 16.3. The van der Waals surface area contributed by atoms with Gasteiger partial charge in [0.05, 0.1) is 13.7 Å². The molecule has 0 atom stereocenters. The largest absolute Gasteiger partial charge is 0.497 e. The quantitative estimate of drug-likeness (QED) is 0.525. The van der Waals surface area contributed by atoms with Crippen LogP contribution in [-0.4, -0.2) is 69.6 Å². The monoisotopic (exact) mass is 450 g/mol. The number of nitrogens with zero attached hydrogens (tertiary/aromatic N) is 3. The van der Waals surface area contributed by atoms with Crippen molar-refractivity contribution in [2.75, 3.05) is 64.5 Å². The molecule has 1 fully saturated rings. The van der Waals surface area contributed by atoms with E-state index in [2.05, 4.69) is 32.4 Å². The Morgan fingerprint density at radius 1 is 0.939 bits per heavy atom. The van der Waals surface area contributed by atoms with Gasteiger partial charge in [-0.3, -0.25) is 4.90 Å². The number of piperazine rings is 1. The van der Waals surface area contributed by atoms with Crippen LogP contribution in [0, 0.1) is 0 Å². The van der Waals surface area contributed by atoms with Gasteiger partial charge in [-0.1, -0.05) is 5.16 Å². The van der Waals surface area contributed by atoms with E-state index in [1.165, 1.54) is 5.69 Å². The minimum atomic E-state index is 0.570. The van der Waals surface area contributed by atoms with E-state index in [1.54, 1.807) is 7.11 Å². The van der Waals surface area contributed by atoms with Crippen LogP contribution in [0.4, 0.5) is 5.69 Å². The van der Waals surface area contributed by atoms with Crippen LogP contribution in [0.15, 0.2) is 53.1 Å². The van der Waals surface area contributed by atoms with E-state index in [1.807, 2.05) is 36.4 Å². The third-order valence-electron chi connectivity index (χ3n) is 6.11. The van der Waals surface area contributed by atoms with Crippen molar-refractivity contribution in [3.8, 4) is 28.5 Å². The fourth-order valence-corrected chi connectivity index (χ4v) is 4.21. The maximum Gasteiger partial charge on any atom is 0.162 e. The molecule has 2 aliphatic heterocycles. The summed E-state index contributed by atoms with van der Waals surface area (Å²) in [6.45, 7) is 7.92. The number of fused-ring (bicyclic) bond motifs is 1. The molecule has 8 nitrogen and oxygen atoms in total. The summed E-state index contributed by atoms with van der Waals surface area (Å²) in [4.78, 5) is 4.92. The second-order valence-corrected chi connectivity index (χ2v) is 8.24. The Hall–Kier alpha value is -3.23. The number of hydrogen-bond donors (Lipinski definition) is 1. The van der Waals surface area contributed by atoms with Crippen molar-refractivity contribution >= 4 is 5.69 Å². The standard InChI is InChI=1S/C25H30N4O4/c1-30-21-5-3-20(4-6-21)29-12-10-28(11-13-29)9-8-26-18-22-17-23(27-33-22)19-2-7-24-25(16-19)32-15-14-31-24/h2-7,16-17,26H,8-15,18H2,1H3. The number of rotatable bonds is 8.